The van der Waals surface area contributed by atoms with Crippen LogP contribution >= 0.6 is 0 Å². The quantitative estimate of drug-likeness (QED) is 0.638. The molecule has 0 saturated carbocycles. The van der Waals surface area contributed by atoms with Gasteiger partial charge in [0.15, 0.2) is 0 Å². The molecule has 1 saturated heterocycles. The van der Waals surface area contributed by atoms with Crippen molar-refractivity contribution in [1.29, 1.82) is 0 Å². The highest BCUT2D eigenvalue weighted by Crippen LogP contribution is 2.26. The second-order valence-corrected chi connectivity index (χ2v) is 9.43. The maximum atomic E-state index is 12.8. The van der Waals surface area contributed by atoms with Crippen molar-refractivity contribution in [2.75, 3.05) is 32.8 Å². The topological polar surface area (TPSA) is 96.9 Å². The molecular formula is C24H36N4O5. The van der Waals surface area contributed by atoms with Gasteiger partial charge in [0.25, 0.3) is 5.56 Å². The van der Waals surface area contributed by atoms with Crippen molar-refractivity contribution in [2.45, 2.75) is 66.2 Å². The molecule has 33 heavy (non-hydrogen) atoms. The van der Waals surface area contributed by atoms with Crippen LogP contribution in [-0.4, -0.2) is 63.8 Å². The zero-order valence-corrected chi connectivity index (χ0v) is 20.4. The lowest BCUT2D eigenvalue weighted by Gasteiger charge is -2.35. The molecule has 0 aliphatic carbocycles. The van der Waals surface area contributed by atoms with Crippen LogP contribution in [0.15, 0.2) is 21.7 Å². The lowest BCUT2D eigenvalue weighted by Crippen LogP contribution is -2.49. The molecule has 9 nitrogen and oxygen atoms in total. The molecule has 1 aliphatic rings. The number of fused-ring (bicyclic) bond motifs is 1. The Morgan fingerprint density at radius 2 is 1.79 bits per heavy atom. The molecule has 3 rings (SSSR count). The first-order valence-electron chi connectivity index (χ1n) is 11.8. The van der Waals surface area contributed by atoms with Crippen molar-refractivity contribution >= 4 is 17.0 Å². The fourth-order valence-electron chi connectivity index (χ4n) is 3.85. The van der Waals surface area contributed by atoms with Gasteiger partial charge in [-0.25, -0.2) is 9.59 Å². The van der Waals surface area contributed by atoms with Crippen LogP contribution in [-0.2, 0) is 17.8 Å². The highest BCUT2D eigenvalue weighted by atomic mass is 16.6. The first-order chi connectivity index (χ1) is 15.6. The minimum Gasteiger partial charge on any atom is -0.493 e. The van der Waals surface area contributed by atoms with Crippen LogP contribution in [0, 0.1) is 0 Å². The van der Waals surface area contributed by atoms with Crippen molar-refractivity contribution in [3.8, 4) is 5.75 Å². The number of rotatable bonds is 7. The first-order valence-corrected chi connectivity index (χ1v) is 11.8. The van der Waals surface area contributed by atoms with Gasteiger partial charge in [0.1, 0.15) is 11.4 Å². The van der Waals surface area contributed by atoms with Gasteiger partial charge in [-0.3, -0.25) is 14.3 Å². The Bertz CT molecular complexity index is 1090. The standard InChI is InChI=1S/C24H36N4O5/c1-6-8-13-32-20-15-18-19(25-22(30)28(7-2)21(18)29)14-17(20)16-26-9-11-27(12-10-26)23(31)33-24(3,4)5/h14-15H,6-13,16H2,1-5H3,(H,25,30). The molecule has 0 bridgehead atoms. The van der Waals surface area contributed by atoms with E-state index in [4.69, 9.17) is 9.47 Å². The zero-order valence-electron chi connectivity index (χ0n) is 20.4. The van der Waals surface area contributed by atoms with E-state index in [0.717, 1.165) is 18.4 Å². The average molecular weight is 461 g/mol. The van der Waals surface area contributed by atoms with Gasteiger partial charge >= 0.3 is 11.8 Å². The zero-order chi connectivity index (χ0) is 24.2. The second kappa shape index (κ2) is 10.4. The van der Waals surface area contributed by atoms with E-state index in [2.05, 4.69) is 16.8 Å². The maximum absolute atomic E-state index is 12.8. The van der Waals surface area contributed by atoms with E-state index in [0.29, 0.717) is 62.5 Å². The van der Waals surface area contributed by atoms with Crippen molar-refractivity contribution in [1.82, 2.24) is 19.4 Å². The molecule has 1 fully saturated rings. The number of hydrogen-bond donors (Lipinski definition) is 1. The number of carbonyl (C=O) groups is 1. The molecule has 1 amide bonds. The molecule has 0 atom stereocenters. The minimum absolute atomic E-state index is 0.291. The van der Waals surface area contributed by atoms with Gasteiger partial charge in [0, 0.05) is 44.8 Å². The number of aromatic amines is 1. The van der Waals surface area contributed by atoms with Gasteiger partial charge in [0.2, 0.25) is 0 Å². The van der Waals surface area contributed by atoms with Crippen LogP contribution in [0.25, 0.3) is 10.9 Å². The van der Waals surface area contributed by atoms with Crippen LogP contribution in [0.4, 0.5) is 4.79 Å². The third-order valence-corrected chi connectivity index (χ3v) is 5.65. The summed E-state index contributed by atoms with van der Waals surface area (Å²) < 4.78 is 12.7. The summed E-state index contributed by atoms with van der Waals surface area (Å²) in [5.74, 6) is 0.664. The summed E-state index contributed by atoms with van der Waals surface area (Å²) >= 11 is 0. The molecule has 1 aromatic carbocycles. The molecule has 2 aromatic rings. The average Bonchev–Trinajstić information content (AvgIpc) is 2.74. The van der Waals surface area contributed by atoms with Crippen LogP contribution in [0.5, 0.6) is 5.75 Å². The van der Waals surface area contributed by atoms with E-state index in [1.165, 1.54) is 4.57 Å². The molecule has 2 heterocycles. The molecular weight excluding hydrogens is 424 g/mol. The van der Waals surface area contributed by atoms with Crippen molar-refractivity contribution < 1.29 is 14.3 Å². The van der Waals surface area contributed by atoms with Crippen LogP contribution in [0.3, 0.4) is 0 Å². The Morgan fingerprint density at radius 1 is 1.09 bits per heavy atom. The number of nitrogens with zero attached hydrogens (tertiary/aromatic N) is 3. The highest BCUT2D eigenvalue weighted by Gasteiger charge is 2.26. The third kappa shape index (κ3) is 6.16. The van der Waals surface area contributed by atoms with Gasteiger partial charge in [-0.2, -0.15) is 0 Å². The predicted molar refractivity (Wildman–Crippen MR) is 128 cm³/mol. The number of amides is 1. The lowest BCUT2D eigenvalue weighted by molar-refractivity contribution is 0.0138. The molecule has 1 aliphatic heterocycles. The number of ether oxygens (including phenoxy) is 2. The molecule has 0 spiro atoms. The van der Waals surface area contributed by atoms with Crippen molar-refractivity contribution in [3.05, 3.63) is 38.5 Å². The summed E-state index contributed by atoms with van der Waals surface area (Å²) in [7, 11) is 0. The fourth-order valence-corrected chi connectivity index (χ4v) is 3.85. The number of H-pyrrole nitrogens is 1. The smallest absolute Gasteiger partial charge is 0.410 e. The Hall–Kier alpha value is -2.81. The molecule has 182 valence electrons. The van der Waals surface area contributed by atoms with Crippen molar-refractivity contribution in [2.24, 2.45) is 0 Å². The molecule has 1 N–H and O–H groups in total. The minimum atomic E-state index is -0.517. The number of nitrogens with one attached hydrogen (secondary N) is 1. The van der Waals surface area contributed by atoms with Gasteiger partial charge in [-0.1, -0.05) is 13.3 Å². The third-order valence-electron chi connectivity index (χ3n) is 5.65. The van der Waals surface area contributed by atoms with E-state index in [1.54, 1.807) is 17.9 Å². The summed E-state index contributed by atoms with van der Waals surface area (Å²) in [6, 6.07) is 3.60. The van der Waals surface area contributed by atoms with E-state index < -0.39 is 11.3 Å². The number of benzene rings is 1. The number of carbonyl (C=O) groups excluding carboxylic acids is 1. The Morgan fingerprint density at radius 3 is 2.39 bits per heavy atom. The normalized spacial score (nSPS) is 15.1. The van der Waals surface area contributed by atoms with Gasteiger partial charge in [0.05, 0.1) is 17.5 Å². The summed E-state index contributed by atoms with van der Waals surface area (Å²) in [4.78, 5) is 44.2. The highest BCUT2D eigenvalue weighted by molar-refractivity contribution is 5.80. The number of hydrogen-bond acceptors (Lipinski definition) is 6. The second-order valence-electron chi connectivity index (χ2n) is 9.43. The van der Waals surface area contributed by atoms with Gasteiger partial charge < -0.3 is 19.4 Å². The van der Waals surface area contributed by atoms with Gasteiger partial charge in [-0.15, -0.1) is 0 Å². The van der Waals surface area contributed by atoms with E-state index in [-0.39, 0.29) is 11.7 Å². The van der Waals surface area contributed by atoms with E-state index in [9.17, 15) is 14.4 Å². The molecule has 0 radical (unpaired) electrons. The summed E-state index contributed by atoms with van der Waals surface area (Å²) in [6.07, 6.45) is 1.63. The summed E-state index contributed by atoms with van der Waals surface area (Å²) in [5.41, 5.74) is 0.186. The lowest BCUT2D eigenvalue weighted by atomic mass is 10.1. The van der Waals surface area contributed by atoms with Gasteiger partial charge in [-0.05, 0) is 46.2 Å². The van der Waals surface area contributed by atoms with Crippen LogP contribution in [0.2, 0.25) is 0 Å². The maximum Gasteiger partial charge on any atom is 0.410 e. The predicted octanol–water partition coefficient (Wildman–Crippen LogP) is 2.94. The Balaban J connectivity index is 1.81. The fraction of sp³-hybridized carbons (Fsp3) is 0.625. The summed E-state index contributed by atoms with van der Waals surface area (Å²) in [5, 5.41) is 0.446. The Kier molecular flexibility index (Phi) is 7.84. The number of piperazine rings is 1. The van der Waals surface area contributed by atoms with Crippen molar-refractivity contribution in [3.63, 3.8) is 0 Å². The molecule has 9 heteroatoms. The molecule has 1 aromatic heterocycles. The largest absolute Gasteiger partial charge is 0.493 e. The van der Waals surface area contributed by atoms with Crippen LogP contribution < -0.4 is 16.0 Å². The molecule has 0 unspecified atom stereocenters. The summed E-state index contributed by atoms with van der Waals surface area (Å²) in [6.45, 7) is 13.5. The van der Waals surface area contributed by atoms with E-state index in [1.807, 2.05) is 26.8 Å². The van der Waals surface area contributed by atoms with E-state index >= 15 is 0 Å². The number of unbranched alkanes of at least 4 members (excludes halogenated alkanes) is 1. The SMILES string of the molecule is CCCCOc1cc2c(=O)n(CC)c(=O)[nH]c2cc1CN1CCN(C(=O)OC(C)(C)C)CC1. The first kappa shape index (κ1) is 24.8. The van der Waals surface area contributed by atoms with Crippen LogP contribution in [0.1, 0.15) is 53.0 Å². The Labute approximate surface area is 194 Å². The monoisotopic (exact) mass is 460 g/mol. The number of aromatic nitrogens is 2.